The molecule has 0 saturated carbocycles. The predicted molar refractivity (Wildman–Crippen MR) is 113 cm³/mol. The van der Waals surface area contributed by atoms with Crippen molar-refractivity contribution < 1.29 is 14.7 Å². The molecule has 1 amide bonds. The van der Waals surface area contributed by atoms with E-state index >= 15 is 0 Å². The van der Waals surface area contributed by atoms with E-state index in [2.05, 4.69) is 46.8 Å². The van der Waals surface area contributed by atoms with Gasteiger partial charge in [-0.05, 0) is 61.5 Å². The third kappa shape index (κ3) is 5.15. The highest BCUT2D eigenvalue weighted by Gasteiger charge is 2.50. The van der Waals surface area contributed by atoms with Crippen LogP contribution in [0.1, 0.15) is 84.3 Å². The van der Waals surface area contributed by atoms with E-state index in [1.807, 2.05) is 19.1 Å². The molecule has 1 heterocycles. The molecular weight excluding hydrogens is 350 g/mol. The molecule has 1 aromatic rings. The number of aliphatic carboxylic acids is 1. The zero-order chi connectivity index (χ0) is 21.1. The Morgan fingerprint density at radius 2 is 1.75 bits per heavy atom. The number of benzene rings is 1. The number of carboxylic acid groups (broad SMARTS) is 1. The van der Waals surface area contributed by atoms with Crippen LogP contribution in [-0.2, 0) is 16.0 Å². The van der Waals surface area contributed by atoms with E-state index in [9.17, 15) is 14.7 Å². The highest BCUT2D eigenvalue weighted by Crippen LogP contribution is 2.39. The molecule has 0 radical (unpaired) electrons. The molecule has 0 bridgehead atoms. The third-order valence-corrected chi connectivity index (χ3v) is 5.94. The van der Waals surface area contributed by atoms with Gasteiger partial charge in [-0.1, -0.05) is 58.9 Å². The van der Waals surface area contributed by atoms with Gasteiger partial charge >= 0.3 is 5.97 Å². The van der Waals surface area contributed by atoms with E-state index in [1.165, 1.54) is 5.56 Å². The largest absolute Gasteiger partial charge is 0.479 e. The summed E-state index contributed by atoms with van der Waals surface area (Å²) in [5, 5.41) is 10.1. The van der Waals surface area contributed by atoms with Crippen molar-refractivity contribution in [2.24, 2.45) is 11.3 Å². The van der Waals surface area contributed by atoms with Crippen molar-refractivity contribution in [3.05, 3.63) is 35.4 Å². The second-order valence-electron chi connectivity index (χ2n) is 10.1. The van der Waals surface area contributed by atoms with Crippen LogP contribution in [0.5, 0.6) is 0 Å². The van der Waals surface area contributed by atoms with Crippen molar-refractivity contribution in [1.29, 1.82) is 0 Å². The second-order valence-corrected chi connectivity index (χ2v) is 10.1. The zero-order valence-electron chi connectivity index (χ0n) is 18.4. The first kappa shape index (κ1) is 22.4. The highest BCUT2D eigenvalue weighted by molar-refractivity contribution is 5.91. The van der Waals surface area contributed by atoms with Crippen molar-refractivity contribution in [1.82, 2.24) is 4.90 Å². The lowest BCUT2D eigenvalue weighted by Gasteiger charge is -2.38. The molecule has 0 aromatic heterocycles. The normalized spacial score (nSPS) is 21.2. The van der Waals surface area contributed by atoms with Crippen LogP contribution < -0.4 is 0 Å². The van der Waals surface area contributed by atoms with Crippen molar-refractivity contribution in [2.45, 2.75) is 85.1 Å². The molecule has 1 aromatic carbocycles. The standard InChI is InChI=1S/C24H37NO3/c1-17(2)16-19-8-10-20(11-9-19)18(3)21(26)25-15-7-12-24(25,22(27)28)14-13-23(4,5)6/h8-11,17-18H,7,12-16H2,1-6H3,(H,27,28). The van der Waals surface area contributed by atoms with Gasteiger partial charge in [0, 0.05) is 6.54 Å². The maximum Gasteiger partial charge on any atom is 0.329 e. The topological polar surface area (TPSA) is 57.6 Å². The smallest absolute Gasteiger partial charge is 0.329 e. The van der Waals surface area contributed by atoms with E-state index in [1.54, 1.807) is 4.90 Å². The van der Waals surface area contributed by atoms with Crippen molar-refractivity contribution in [2.75, 3.05) is 6.54 Å². The van der Waals surface area contributed by atoms with Gasteiger partial charge in [0.05, 0.1) is 5.92 Å². The number of carbonyl (C=O) groups excluding carboxylic acids is 1. The van der Waals surface area contributed by atoms with Crippen molar-refractivity contribution in [3.8, 4) is 0 Å². The molecule has 1 saturated heterocycles. The average molecular weight is 388 g/mol. The van der Waals surface area contributed by atoms with Gasteiger partial charge in [0.25, 0.3) is 0 Å². The van der Waals surface area contributed by atoms with Crippen LogP contribution >= 0.6 is 0 Å². The minimum Gasteiger partial charge on any atom is -0.479 e. The minimum atomic E-state index is -1.06. The molecule has 1 fully saturated rings. The lowest BCUT2D eigenvalue weighted by atomic mass is 9.81. The van der Waals surface area contributed by atoms with Crippen LogP contribution in [0.4, 0.5) is 0 Å². The molecule has 2 atom stereocenters. The van der Waals surface area contributed by atoms with E-state index in [0.29, 0.717) is 25.3 Å². The van der Waals surface area contributed by atoms with Gasteiger partial charge in [0.2, 0.25) is 5.91 Å². The summed E-state index contributed by atoms with van der Waals surface area (Å²) in [6.07, 6.45) is 3.61. The Morgan fingerprint density at radius 1 is 1.14 bits per heavy atom. The van der Waals surface area contributed by atoms with Crippen LogP contribution in [0.2, 0.25) is 0 Å². The Kier molecular flexibility index (Phi) is 6.95. The summed E-state index contributed by atoms with van der Waals surface area (Å²) < 4.78 is 0. The van der Waals surface area contributed by atoms with Crippen LogP contribution in [0.25, 0.3) is 0 Å². The predicted octanol–water partition coefficient (Wildman–Crippen LogP) is 5.26. The van der Waals surface area contributed by atoms with Gasteiger partial charge in [-0.2, -0.15) is 0 Å². The quantitative estimate of drug-likeness (QED) is 0.694. The average Bonchev–Trinajstić information content (AvgIpc) is 3.03. The Hall–Kier alpha value is -1.84. The number of likely N-dealkylation sites (tertiary alicyclic amines) is 1. The Labute approximate surface area is 170 Å². The summed E-state index contributed by atoms with van der Waals surface area (Å²) in [6.45, 7) is 13.2. The molecular formula is C24H37NO3. The van der Waals surface area contributed by atoms with Gasteiger partial charge < -0.3 is 10.0 Å². The first-order valence-electron chi connectivity index (χ1n) is 10.6. The first-order chi connectivity index (χ1) is 13.0. The lowest BCUT2D eigenvalue weighted by molar-refractivity contribution is -0.158. The Morgan fingerprint density at radius 3 is 2.25 bits per heavy atom. The third-order valence-electron chi connectivity index (χ3n) is 5.94. The molecule has 4 heteroatoms. The van der Waals surface area contributed by atoms with Crippen molar-refractivity contribution >= 4 is 11.9 Å². The molecule has 156 valence electrons. The highest BCUT2D eigenvalue weighted by atomic mass is 16.4. The number of amides is 1. The summed E-state index contributed by atoms with van der Waals surface area (Å²) in [6, 6.07) is 8.22. The molecule has 28 heavy (non-hydrogen) atoms. The molecule has 2 unspecified atom stereocenters. The fraction of sp³-hybridized carbons (Fsp3) is 0.667. The number of carboxylic acids is 1. The molecule has 1 aliphatic rings. The molecule has 1 N–H and O–H groups in total. The molecule has 2 rings (SSSR count). The molecule has 0 spiro atoms. The zero-order valence-corrected chi connectivity index (χ0v) is 18.4. The lowest BCUT2D eigenvalue weighted by Crippen LogP contribution is -2.54. The summed E-state index contributed by atoms with van der Waals surface area (Å²) in [7, 11) is 0. The number of nitrogens with zero attached hydrogens (tertiary/aromatic N) is 1. The fourth-order valence-electron chi connectivity index (χ4n) is 4.16. The van der Waals surface area contributed by atoms with Crippen LogP contribution in [0, 0.1) is 11.3 Å². The van der Waals surface area contributed by atoms with Gasteiger partial charge in [0.1, 0.15) is 5.54 Å². The summed E-state index contributed by atoms with van der Waals surface area (Å²) in [5.74, 6) is -0.666. The molecule has 1 aliphatic heterocycles. The minimum absolute atomic E-state index is 0.0393. The van der Waals surface area contributed by atoms with Gasteiger partial charge in [-0.15, -0.1) is 0 Å². The number of rotatable bonds is 7. The molecule has 0 aliphatic carbocycles. The molecule has 4 nitrogen and oxygen atoms in total. The Bertz CT molecular complexity index is 687. The van der Waals surface area contributed by atoms with E-state index < -0.39 is 11.5 Å². The summed E-state index contributed by atoms with van der Waals surface area (Å²) >= 11 is 0. The number of hydrogen-bond acceptors (Lipinski definition) is 2. The van der Waals surface area contributed by atoms with Crippen LogP contribution in [0.3, 0.4) is 0 Å². The maximum absolute atomic E-state index is 13.3. The van der Waals surface area contributed by atoms with Crippen molar-refractivity contribution in [3.63, 3.8) is 0 Å². The maximum atomic E-state index is 13.3. The number of carbonyl (C=O) groups is 2. The van der Waals surface area contributed by atoms with Gasteiger partial charge in [0.15, 0.2) is 0 Å². The monoisotopic (exact) mass is 387 g/mol. The summed E-state index contributed by atoms with van der Waals surface area (Å²) in [4.78, 5) is 27.2. The van der Waals surface area contributed by atoms with E-state index in [0.717, 1.165) is 24.8 Å². The fourth-order valence-corrected chi connectivity index (χ4v) is 4.16. The second kappa shape index (κ2) is 8.67. The van der Waals surface area contributed by atoms with Crippen LogP contribution in [-0.4, -0.2) is 34.0 Å². The summed E-state index contributed by atoms with van der Waals surface area (Å²) in [5.41, 5.74) is 1.21. The van der Waals surface area contributed by atoms with Crippen LogP contribution in [0.15, 0.2) is 24.3 Å². The van der Waals surface area contributed by atoms with E-state index in [4.69, 9.17) is 0 Å². The van der Waals surface area contributed by atoms with Gasteiger partial charge in [-0.25, -0.2) is 4.79 Å². The van der Waals surface area contributed by atoms with Gasteiger partial charge in [-0.3, -0.25) is 4.79 Å². The van der Waals surface area contributed by atoms with E-state index in [-0.39, 0.29) is 17.2 Å². The first-order valence-corrected chi connectivity index (χ1v) is 10.6. The SMILES string of the molecule is CC(C)Cc1ccc(C(C)C(=O)N2CCCC2(CCC(C)(C)C)C(=O)O)cc1. The number of hydrogen-bond donors (Lipinski definition) is 1. The Balaban J connectivity index is 2.21.